The lowest BCUT2D eigenvalue weighted by Crippen LogP contribution is -2.38. The van der Waals surface area contributed by atoms with Crippen LogP contribution >= 0.6 is 0 Å². The van der Waals surface area contributed by atoms with Crippen LogP contribution in [-0.2, 0) is 12.8 Å². The predicted octanol–water partition coefficient (Wildman–Crippen LogP) is 7.31. The average Bonchev–Trinajstić information content (AvgIpc) is 3.21. The molecule has 1 unspecified atom stereocenters. The van der Waals surface area contributed by atoms with E-state index in [0.717, 1.165) is 13.0 Å². The molecule has 0 spiro atoms. The number of hydrogen-bond donors (Lipinski definition) is 1. The van der Waals surface area contributed by atoms with E-state index < -0.39 is 0 Å². The van der Waals surface area contributed by atoms with Crippen molar-refractivity contribution in [3.63, 3.8) is 0 Å². The number of nitrogens with one attached hydrogen (secondary N) is 1. The average molecular weight is 409 g/mol. The largest absolute Gasteiger partial charge is 0.369 e. The summed E-state index contributed by atoms with van der Waals surface area (Å²) in [7, 11) is 0. The van der Waals surface area contributed by atoms with Crippen LogP contribution in [0.25, 0.3) is 22.0 Å². The minimum absolute atomic E-state index is 0.639. The molecule has 31 heavy (non-hydrogen) atoms. The number of para-hydroxylation sites is 2. The number of hydrogen-bond acceptors (Lipinski definition) is 1. The Balaban J connectivity index is 1.28. The Bertz CT molecular complexity index is 1190. The molecule has 1 atom stereocenters. The Morgan fingerprint density at radius 3 is 2.61 bits per heavy atom. The quantitative estimate of drug-likeness (QED) is 0.331. The predicted molar refractivity (Wildman–Crippen MR) is 133 cm³/mol. The van der Waals surface area contributed by atoms with Gasteiger partial charge in [0.05, 0.1) is 5.52 Å². The normalized spacial score (nSPS) is 15.9. The van der Waals surface area contributed by atoms with Gasteiger partial charge < -0.3 is 9.88 Å². The van der Waals surface area contributed by atoms with Crippen LogP contribution in [0, 0.1) is 6.92 Å². The highest BCUT2D eigenvalue weighted by atomic mass is 15.2. The minimum atomic E-state index is 0.639. The third-order valence-electron chi connectivity index (χ3n) is 7.00. The summed E-state index contributed by atoms with van der Waals surface area (Å²) in [5.41, 5.74) is 9.63. The van der Waals surface area contributed by atoms with Gasteiger partial charge in [-0.15, -0.1) is 0 Å². The first-order chi connectivity index (χ1) is 15.2. The molecule has 3 aromatic carbocycles. The van der Waals surface area contributed by atoms with Gasteiger partial charge in [0.2, 0.25) is 0 Å². The molecule has 2 nitrogen and oxygen atoms in total. The van der Waals surface area contributed by atoms with Crippen molar-refractivity contribution in [1.29, 1.82) is 0 Å². The fourth-order valence-corrected chi connectivity index (χ4v) is 5.22. The van der Waals surface area contributed by atoms with Crippen molar-refractivity contribution >= 4 is 16.6 Å². The number of benzene rings is 3. The standard InChI is InChI=1S/C29H32N2/c1-21-10-3-5-13-25(21)27-15-9-14-26-24(20-30-29(26)27)12-7-8-19-31-22(2)17-18-23-11-4-6-16-28(23)31/h3-6,9-11,13-16,20,22,30H,7-8,12,17-19H2,1-2H3. The Morgan fingerprint density at radius 2 is 1.71 bits per heavy atom. The summed E-state index contributed by atoms with van der Waals surface area (Å²) < 4.78 is 0. The minimum Gasteiger partial charge on any atom is -0.369 e. The lowest BCUT2D eigenvalue weighted by molar-refractivity contribution is 0.545. The van der Waals surface area contributed by atoms with Crippen LogP contribution in [0.15, 0.2) is 72.9 Å². The molecule has 0 saturated carbocycles. The van der Waals surface area contributed by atoms with Crippen molar-refractivity contribution in [3.8, 4) is 11.1 Å². The van der Waals surface area contributed by atoms with Gasteiger partial charge in [-0.1, -0.05) is 60.7 Å². The van der Waals surface area contributed by atoms with E-state index in [1.165, 1.54) is 70.1 Å². The number of aryl methyl sites for hydroxylation is 3. The summed E-state index contributed by atoms with van der Waals surface area (Å²) in [6, 6.07) is 25.0. The number of anilines is 1. The summed E-state index contributed by atoms with van der Waals surface area (Å²) in [6.45, 7) is 5.72. The summed E-state index contributed by atoms with van der Waals surface area (Å²) in [6.07, 6.45) is 8.27. The fourth-order valence-electron chi connectivity index (χ4n) is 5.22. The first kappa shape index (κ1) is 19.9. The van der Waals surface area contributed by atoms with Crippen molar-refractivity contribution in [2.45, 2.75) is 52.0 Å². The van der Waals surface area contributed by atoms with Crippen molar-refractivity contribution in [3.05, 3.63) is 89.6 Å². The van der Waals surface area contributed by atoms with Crippen LogP contribution < -0.4 is 4.90 Å². The van der Waals surface area contributed by atoms with Gasteiger partial charge in [-0.05, 0) is 74.3 Å². The molecule has 0 bridgehead atoms. The van der Waals surface area contributed by atoms with Crippen LogP contribution in [0.3, 0.4) is 0 Å². The van der Waals surface area contributed by atoms with E-state index in [1.807, 2.05) is 0 Å². The molecule has 4 aromatic rings. The van der Waals surface area contributed by atoms with E-state index >= 15 is 0 Å². The Kier molecular flexibility index (Phi) is 5.55. The zero-order chi connectivity index (χ0) is 21.2. The zero-order valence-electron chi connectivity index (χ0n) is 18.7. The molecular formula is C29H32N2. The van der Waals surface area contributed by atoms with Gasteiger partial charge in [-0.25, -0.2) is 0 Å². The number of nitrogens with zero attached hydrogens (tertiary/aromatic N) is 1. The molecule has 0 aliphatic carbocycles. The number of H-pyrrole nitrogens is 1. The smallest absolute Gasteiger partial charge is 0.0536 e. The zero-order valence-corrected chi connectivity index (χ0v) is 18.7. The molecule has 2 heteroatoms. The van der Waals surface area contributed by atoms with E-state index in [9.17, 15) is 0 Å². The molecule has 5 rings (SSSR count). The first-order valence-corrected chi connectivity index (χ1v) is 11.7. The van der Waals surface area contributed by atoms with Gasteiger partial charge in [-0.2, -0.15) is 0 Å². The van der Waals surface area contributed by atoms with E-state index in [-0.39, 0.29) is 0 Å². The van der Waals surface area contributed by atoms with Crippen LogP contribution in [0.5, 0.6) is 0 Å². The second-order valence-electron chi connectivity index (χ2n) is 9.02. The molecule has 1 N–H and O–H groups in total. The van der Waals surface area contributed by atoms with Gasteiger partial charge in [0.15, 0.2) is 0 Å². The van der Waals surface area contributed by atoms with Crippen molar-refractivity contribution in [2.24, 2.45) is 0 Å². The van der Waals surface area contributed by atoms with Crippen molar-refractivity contribution in [1.82, 2.24) is 4.98 Å². The Labute approximate surface area is 185 Å². The Hall–Kier alpha value is -3.00. The summed E-state index contributed by atoms with van der Waals surface area (Å²) in [5, 5.41) is 1.37. The molecule has 1 aliphatic rings. The maximum atomic E-state index is 3.58. The first-order valence-electron chi connectivity index (χ1n) is 11.7. The highest BCUT2D eigenvalue weighted by molar-refractivity contribution is 5.96. The monoisotopic (exact) mass is 408 g/mol. The van der Waals surface area contributed by atoms with E-state index in [2.05, 4.69) is 96.7 Å². The molecule has 0 fully saturated rings. The van der Waals surface area contributed by atoms with Crippen molar-refractivity contribution in [2.75, 3.05) is 11.4 Å². The maximum absolute atomic E-state index is 3.58. The maximum Gasteiger partial charge on any atom is 0.0536 e. The molecule has 0 amide bonds. The third kappa shape index (κ3) is 3.87. The lowest BCUT2D eigenvalue weighted by Gasteiger charge is -2.37. The topological polar surface area (TPSA) is 19.0 Å². The second kappa shape index (κ2) is 8.63. The van der Waals surface area contributed by atoms with Gasteiger partial charge in [-0.3, -0.25) is 0 Å². The summed E-state index contributed by atoms with van der Waals surface area (Å²) in [5.74, 6) is 0. The molecule has 1 aromatic heterocycles. The number of aromatic nitrogens is 1. The van der Waals surface area contributed by atoms with Gasteiger partial charge in [0.25, 0.3) is 0 Å². The molecule has 0 saturated heterocycles. The SMILES string of the molecule is Cc1ccccc1-c1cccc2c(CCCCN3c4ccccc4CCC3C)c[nH]c12. The van der Waals surface area contributed by atoms with Gasteiger partial charge >= 0.3 is 0 Å². The molecule has 0 radical (unpaired) electrons. The summed E-state index contributed by atoms with van der Waals surface area (Å²) in [4.78, 5) is 6.21. The van der Waals surface area contributed by atoms with Crippen molar-refractivity contribution < 1.29 is 0 Å². The molecule has 1 aliphatic heterocycles. The highest BCUT2D eigenvalue weighted by Crippen LogP contribution is 2.33. The van der Waals surface area contributed by atoms with E-state index in [4.69, 9.17) is 0 Å². The van der Waals surface area contributed by atoms with Gasteiger partial charge in [0.1, 0.15) is 0 Å². The van der Waals surface area contributed by atoms with Crippen LogP contribution in [0.2, 0.25) is 0 Å². The molecular weight excluding hydrogens is 376 g/mol. The number of fused-ring (bicyclic) bond motifs is 2. The molecule has 158 valence electrons. The van der Waals surface area contributed by atoms with E-state index in [0.29, 0.717) is 6.04 Å². The van der Waals surface area contributed by atoms with Crippen LogP contribution in [-0.4, -0.2) is 17.6 Å². The second-order valence-corrected chi connectivity index (χ2v) is 9.02. The Morgan fingerprint density at radius 1 is 0.903 bits per heavy atom. The van der Waals surface area contributed by atoms with Crippen LogP contribution in [0.1, 0.15) is 42.9 Å². The molecule has 2 heterocycles. The summed E-state index contributed by atoms with van der Waals surface area (Å²) >= 11 is 0. The van der Waals surface area contributed by atoms with E-state index in [1.54, 1.807) is 0 Å². The van der Waals surface area contributed by atoms with Gasteiger partial charge in [0, 0.05) is 35.4 Å². The lowest BCUT2D eigenvalue weighted by atomic mass is 9.96. The highest BCUT2D eigenvalue weighted by Gasteiger charge is 2.22. The third-order valence-corrected chi connectivity index (χ3v) is 7.00. The number of unbranched alkanes of at least 4 members (excludes halogenated alkanes) is 1. The number of rotatable bonds is 6. The number of aromatic amines is 1. The fraction of sp³-hybridized carbons (Fsp3) is 0.310. The van der Waals surface area contributed by atoms with Crippen LogP contribution in [0.4, 0.5) is 5.69 Å².